The van der Waals surface area contributed by atoms with Crippen LogP contribution in [0, 0.1) is 0 Å². The Morgan fingerprint density at radius 1 is 0.943 bits per heavy atom. The lowest BCUT2D eigenvalue weighted by atomic mass is 10.0. The largest absolute Gasteiger partial charge is 0.497 e. The van der Waals surface area contributed by atoms with Crippen molar-refractivity contribution >= 4 is 5.97 Å². The first kappa shape index (κ1) is 28.5. The molecule has 0 aliphatic rings. The Bertz CT molecular complexity index is 838. The molecular formula is C28H38O7. The van der Waals surface area contributed by atoms with Crippen LogP contribution in [0.25, 0.3) is 0 Å². The van der Waals surface area contributed by atoms with Gasteiger partial charge in [0.25, 0.3) is 0 Å². The van der Waals surface area contributed by atoms with Gasteiger partial charge in [-0.3, -0.25) is 0 Å². The zero-order chi connectivity index (χ0) is 25.3. The molecular weight excluding hydrogens is 448 g/mol. The van der Waals surface area contributed by atoms with E-state index in [1.807, 2.05) is 42.5 Å². The summed E-state index contributed by atoms with van der Waals surface area (Å²) >= 11 is 0. The molecule has 0 amide bonds. The number of hydrogen-bond donors (Lipinski definition) is 0. The van der Waals surface area contributed by atoms with Crippen LogP contribution in [0.5, 0.6) is 5.75 Å². The summed E-state index contributed by atoms with van der Waals surface area (Å²) in [6.45, 7) is 6.68. The summed E-state index contributed by atoms with van der Waals surface area (Å²) in [4.78, 5) is 12.2. The quantitative estimate of drug-likeness (QED) is 0.126. The predicted molar refractivity (Wildman–Crippen MR) is 134 cm³/mol. The van der Waals surface area contributed by atoms with Gasteiger partial charge in [0.1, 0.15) is 25.3 Å². The molecule has 0 N–H and O–H groups in total. The van der Waals surface area contributed by atoms with Gasteiger partial charge in [-0.2, -0.15) is 0 Å². The van der Waals surface area contributed by atoms with Gasteiger partial charge in [0, 0.05) is 7.11 Å². The molecule has 35 heavy (non-hydrogen) atoms. The van der Waals surface area contributed by atoms with Gasteiger partial charge < -0.3 is 28.4 Å². The second-order valence-corrected chi connectivity index (χ2v) is 8.18. The average Bonchev–Trinajstić information content (AvgIpc) is 2.89. The first-order chi connectivity index (χ1) is 17.0. The van der Waals surface area contributed by atoms with Crippen LogP contribution in [0.15, 0.2) is 67.3 Å². The van der Waals surface area contributed by atoms with E-state index in [9.17, 15) is 4.79 Å². The van der Waals surface area contributed by atoms with Crippen LogP contribution in [0.4, 0.5) is 0 Å². The minimum atomic E-state index is -0.604. The van der Waals surface area contributed by atoms with Crippen LogP contribution in [0.1, 0.15) is 37.3 Å². The Labute approximate surface area is 208 Å². The van der Waals surface area contributed by atoms with Crippen molar-refractivity contribution < 1.29 is 33.2 Å². The highest BCUT2D eigenvalue weighted by molar-refractivity contribution is 5.71. The summed E-state index contributed by atoms with van der Waals surface area (Å²) in [5.41, 5.74) is 2.14. The zero-order valence-corrected chi connectivity index (χ0v) is 21.0. The number of ether oxygens (including phenoxy) is 6. The van der Waals surface area contributed by atoms with Crippen molar-refractivity contribution in [2.45, 2.75) is 57.7 Å². The third-order valence-electron chi connectivity index (χ3n) is 5.39. The first-order valence-electron chi connectivity index (χ1n) is 11.8. The highest BCUT2D eigenvalue weighted by Gasteiger charge is 2.24. The van der Waals surface area contributed by atoms with Crippen molar-refractivity contribution in [1.29, 1.82) is 0 Å². The van der Waals surface area contributed by atoms with Gasteiger partial charge in [0.05, 0.1) is 32.5 Å². The maximum absolute atomic E-state index is 12.2. The van der Waals surface area contributed by atoms with E-state index in [0.29, 0.717) is 19.6 Å². The molecule has 7 nitrogen and oxygen atoms in total. The molecule has 0 saturated carbocycles. The standard InChI is InChI=1S/C28H38O7/c1-5-26(35-28(29)20-32-21-30-3)27(34-19-24-14-16-25(31-4)17-15-24)13-9-10-22(2)33-18-23-11-7-6-8-12-23/h5-8,11-12,14-17,22,26-27H,1,9-10,13,18-21H2,2-4H3/t22-,26+,27+/m0/s1. The summed E-state index contributed by atoms with van der Waals surface area (Å²) < 4.78 is 32.9. The van der Waals surface area contributed by atoms with E-state index in [2.05, 4.69) is 25.6 Å². The Kier molecular flexibility index (Phi) is 13.7. The second-order valence-electron chi connectivity index (χ2n) is 8.18. The molecule has 0 unspecified atom stereocenters. The molecule has 0 aromatic heterocycles. The molecule has 0 heterocycles. The normalized spacial score (nSPS) is 13.6. The molecule has 0 aliphatic heterocycles. The van der Waals surface area contributed by atoms with Crippen molar-refractivity contribution in [2.24, 2.45) is 0 Å². The van der Waals surface area contributed by atoms with Gasteiger partial charge in [-0.1, -0.05) is 49.0 Å². The number of methoxy groups -OCH3 is 2. The number of rotatable bonds is 18. The van der Waals surface area contributed by atoms with E-state index in [0.717, 1.165) is 29.7 Å². The smallest absolute Gasteiger partial charge is 0.332 e. The molecule has 2 aromatic carbocycles. The maximum Gasteiger partial charge on any atom is 0.332 e. The fourth-order valence-electron chi connectivity index (χ4n) is 3.44. The molecule has 2 rings (SSSR count). The van der Waals surface area contributed by atoms with Crippen LogP contribution in [-0.4, -0.2) is 51.9 Å². The van der Waals surface area contributed by atoms with Crippen molar-refractivity contribution in [2.75, 3.05) is 27.6 Å². The number of carbonyl (C=O) groups excluding carboxylic acids is 1. The molecule has 0 spiro atoms. The minimum absolute atomic E-state index is 0.0200. The Morgan fingerprint density at radius 3 is 2.29 bits per heavy atom. The Balaban J connectivity index is 1.91. The third kappa shape index (κ3) is 11.5. The molecule has 0 saturated heterocycles. The molecule has 0 fully saturated rings. The van der Waals surface area contributed by atoms with Crippen LogP contribution in [0.3, 0.4) is 0 Å². The molecule has 0 aliphatic carbocycles. The molecule has 2 aromatic rings. The van der Waals surface area contributed by atoms with Gasteiger partial charge in [-0.05, 0) is 55.5 Å². The molecule has 0 radical (unpaired) electrons. The number of hydrogen-bond acceptors (Lipinski definition) is 7. The summed E-state index contributed by atoms with van der Waals surface area (Å²) in [5.74, 6) is 0.285. The topological polar surface area (TPSA) is 72.5 Å². The van der Waals surface area contributed by atoms with Crippen LogP contribution < -0.4 is 4.74 Å². The fraction of sp³-hybridized carbons (Fsp3) is 0.464. The molecule has 0 bridgehead atoms. The Morgan fingerprint density at radius 2 is 1.63 bits per heavy atom. The van der Waals surface area contributed by atoms with Gasteiger partial charge in [0.2, 0.25) is 0 Å². The summed E-state index contributed by atoms with van der Waals surface area (Å²) in [6.07, 6.45) is 3.09. The number of benzene rings is 2. The first-order valence-corrected chi connectivity index (χ1v) is 11.8. The van der Waals surface area contributed by atoms with E-state index in [1.165, 1.54) is 7.11 Å². The summed E-state index contributed by atoms with van der Waals surface area (Å²) in [7, 11) is 3.12. The fourth-order valence-corrected chi connectivity index (χ4v) is 3.44. The van der Waals surface area contributed by atoms with Crippen molar-refractivity contribution in [1.82, 2.24) is 0 Å². The highest BCUT2D eigenvalue weighted by Crippen LogP contribution is 2.19. The van der Waals surface area contributed by atoms with Gasteiger partial charge in [0.15, 0.2) is 0 Å². The number of carbonyl (C=O) groups is 1. The lowest BCUT2D eigenvalue weighted by Gasteiger charge is -2.26. The van der Waals surface area contributed by atoms with Crippen LogP contribution in [-0.2, 0) is 41.7 Å². The van der Waals surface area contributed by atoms with Crippen LogP contribution >= 0.6 is 0 Å². The zero-order valence-electron chi connectivity index (χ0n) is 21.0. The maximum atomic E-state index is 12.2. The van der Waals surface area contributed by atoms with Gasteiger partial charge in [-0.15, -0.1) is 0 Å². The monoisotopic (exact) mass is 486 g/mol. The molecule has 7 heteroatoms. The van der Waals surface area contributed by atoms with Crippen molar-refractivity contribution in [3.63, 3.8) is 0 Å². The van der Waals surface area contributed by atoms with Gasteiger partial charge in [-0.25, -0.2) is 4.79 Å². The van der Waals surface area contributed by atoms with E-state index < -0.39 is 12.1 Å². The van der Waals surface area contributed by atoms with Crippen molar-refractivity contribution in [3.8, 4) is 5.75 Å². The second kappa shape index (κ2) is 16.8. The molecule has 192 valence electrons. The SMILES string of the molecule is C=C[C@@H](OC(=O)COCOC)[C@@H](CCC[C@H](C)OCc1ccccc1)OCc1ccc(OC)cc1. The Hall–Kier alpha value is -2.71. The lowest BCUT2D eigenvalue weighted by molar-refractivity contribution is -0.163. The molecule has 3 atom stereocenters. The lowest BCUT2D eigenvalue weighted by Crippen LogP contribution is -2.33. The number of esters is 1. The van der Waals surface area contributed by atoms with Crippen molar-refractivity contribution in [3.05, 3.63) is 78.4 Å². The third-order valence-corrected chi connectivity index (χ3v) is 5.39. The van der Waals surface area contributed by atoms with Crippen LogP contribution in [0.2, 0.25) is 0 Å². The minimum Gasteiger partial charge on any atom is -0.497 e. The van der Waals surface area contributed by atoms with E-state index >= 15 is 0 Å². The van der Waals surface area contributed by atoms with E-state index in [1.54, 1.807) is 13.2 Å². The van der Waals surface area contributed by atoms with E-state index in [4.69, 9.17) is 28.4 Å². The predicted octanol–water partition coefficient (Wildman–Crippen LogP) is 5.07. The average molecular weight is 487 g/mol. The summed E-state index contributed by atoms with van der Waals surface area (Å²) in [5, 5.41) is 0. The van der Waals surface area contributed by atoms with E-state index in [-0.39, 0.29) is 25.6 Å². The van der Waals surface area contributed by atoms with Gasteiger partial charge >= 0.3 is 5.97 Å². The highest BCUT2D eigenvalue weighted by atomic mass is 16.7. The summed E-state index contributed by atoms with van der Waals surface area (Å²) in [6, 6.07) is 17.8.